The van der Waals surface area contributed by atoms with E-state index in [0.717, 1.165) is 38.0 Å². The maximum absolute atomic E-state index is 9.92. The first-order valence-corrected chi connectivity index (χ1v) is 11.9. The molecule has 1 saturated carbocycles. The van der Waals surface area contributed by atoms with E-state index in [0.29, 0.717) is 24.9 Å². The molecule has 1 N–H and O–H groups in total. The van der Waals surface area contributed by atoms with Crippen LogP contribution in [0.1, 0.15) is 69.1 Å². The Labute approximate surface area is 187 Å². The third kappa shape index (κ3) is 5.42. The van der Waals surface area contributed by atoms with Gasteiger partial charge in [-0.3, -0.25) is 0 Å². The van der Waals surface area contributed by atoms with E-state index in [-0.39, 0.29) is 12.4 Å². The maximum atomic E-state index is 9.92. The summed E-state index contributed by atoms with van der Waals surface area (Å²) in [6.45, 7) is 9.33. The number of allylic oxidation sites excluding steroid dienone is 3. The predicted molar refractivity (Wildman–Crippen MR) is 124 cm³/mol. The number of hydrogen-bond donors (Lipinski definition) is 1. The van der Waals surface area contributed by atoms with E-state index >= 15 is 0 Å². The number of rotatable bonds is 7. The van der Waals surface area contributed by atoms with Crippen molar-refractivity contribution >= 4 is 5.57 Å². The van der Waals surface area contributed by atoms with Crippen LogP contribution in [0.25, 0.3) is 5.57 Å². The molecule has 170 valence electrons. The minimum absolute atomic E-state index is 0.0240. The van der Waals surface area contributed by atoms with Gasteiger partial charge in [-0.15, -0.1) is 0 Å². The zero-order valence-electron chi connectivity index (χ0n) is 19.5. The first-order chi connectivity index (χ1) is 14.8. The molecule has 1 aromatic rings. The number of hydrogen-bond acceptors (Lipinski definition) is 4. The molecule has 3 aliphatic rings. The van der Waals surface area contributed by atoms with Gasteiger partial charge >= 0.3 is 0 Å². The Bertz CT molecular complexity index is 803. The van der Waals surface area contributed by atoms with Gasteiger partial charge in [0.1, 0.15) is 5.75 Å². The molecule has 1 aliphatic heterocycles. The Kier molecular flexibility index (Phi) is 6.90. The van der Waals surface area contributed by atoms with Crippen molar-refractivity contribution in [1.82, 2.24) is 0 Å². The Morgan fingerprint density at radius 1 is 1.10 bits per heavy atom. The van der Waals surface area contributed by atoms with Crippen LogP contribution in [0.2, 0.25) is 0 Å². The molecule has 0 aromatic heterocycles. The summed E-state index contributed by atoms with van der Waals surface area (Å²) in [6.07, 6.45) is 13.3. The van der Waals surface area contributed by atoms with Crippen LogP contribution >= 0.6 is 0 Å². The molecular weight excluding hydrogens is 388 g/mol. The lowest BCUT2D eigenvalue weighted by Crippen LogP contribution is -2.31. The van der Waals surface area contributed by atoms with Gasteiger partial charge in [0, 0.05) is 18.9 Å². The summed E-state index contributed by atoms with van der Waals surface area (Å²) in [5.74, 6) is 1.80. The highest BCUT2D eigenvalue weighted by molar-refractivity contribution is 5.76. The monoisotopic (exact) mass is 426 g/mol. The smallest absolute Gasteiger partial charge is 0.157 e. The van der Waals surface area contributed by atoms with Crippen molar-refractivity contribution in [2.24, 2.45) is 11.8 Å². The summed E-state index contributed by atoms with van der Waals surface area (Å²) in [5.41, 5.74) is 4.57. The SMILES string of the molecule is Cc1cc(OCCC(C)(C)O)cc(C)c1C1=CC=CC2C(OC3CCCCO3)CCC12. The van der Waals surface area contributed by atoms with Gasteiger partial charge in [0.15, 0.2) is 6.29 Å². The normalized spacial score (nSPS) is 28.4. The minimum Gasteiger partial charge on any atom is -0.493 e. The second-order valence-corrected chi connectivity index (χ2v) is 10.1. The van der Waals surface area contributed by atoms with Crippen LogP contribution in [-0.4, -0.2) is 36.3 Å². The third-order valence-electron chi connectivity index (χ3n) is 6.91. The lowest BCUT2D eigenvalue weighted by atomic mass is 9.78. The number of aliphatic hydroxyl groups is 1. The molecule has 0 bridgehead atoms. The van der Waals surface area contributed by atoms with E-state index in [2.05, 4.69) is 44.2 Å². The molecule has 4 heteroatoms. The molecule has 0 amide bonds. The molecule has 1 heterocycles. The van der Waals surface area contributed by atoms with E-state index in [1.54, 1.807) is 0 Å². The summed E-state index contributed by atoms with van der Waals surface area (Å²) in [7, 11) is 0. The minimum atomic E-state index is -0.706. The maximum Gasteiger partial charge on any atom is 0.157 e. The van der Waals surface area contributed by atoms with Gasteiger partial charge in [-0.1, -0.05) is 18.2 Å². The molecule has 2 aliphatic carbocycles. The summed E-state index contributed by atoms with van der Waals surface area (Å²) in [6, 6.07) is 4.28. The van der Waals surface area contributed by atoms with Crippen LogP contribution in [0.3, 0.4) is 0 Å². The van der Waals surface area contributed by atoms with Crippen molar-refractivity contribution in [3.8, 4) is 5.75 Å². The standard InChI is InChI=1S/C27H38O4/c1-18-16-20(29-15-13-27(3,4)28)17-19(2)26(18)23-9-7-8-22-21(23)11-12-24(22)31-25-10-5-6-14-30-25/h7-9,16-17,21-22,24-25,28H,5-6,10-15H2,1-4H3. The van der Waals surface area contributed by atoms with Crippen LogP contribution in [0, 0.1) is 25.7 Å². The quantitative estimate of drug-likeness (QED) is 0.604. The van der Waals surface area contributed by atoms with Gasteiger partial charge in [-0.25, -0.2) is 0 Å². The molecule has 4 rings (SSSR count). The van der Waals surface area contributed by atoms with Gasteiger partial charge in [-0.2, -0.15) is 0 Å². The van der Waals surface area contributed by atoms with Crippen LogP contribution in [0.5, 0.6) is 5.75 Å². The molecule has 4 atom stereocenters. The van der Waals surface area contributed by atoms with Crippen molar-refractivity contribution in [3.05, 3.63) is 47.1 Å². The average molecular weight is 427 g/mol. The van der Waals surface area contributed by atoms with Crippen molar-refractivity contribution < 1.29 is 19.3 Å². The van der Waals surface area contributed by atoms with E-state index in [9.17, 15) is 5.11 Å². The molecule has 1 saturated heterocycles. The van der Waals surface area contributed by atoms with Gasteiger partial charge in [0.05, 0.1) is 18.3 Å². The third-order valence-corrected chi connectivity index (χ3v) is 6.91. The summed E-state index contributed by atoms with van der Waals surface area (Å²) < 4.78 is 18.2. The van der Waals surface area contributed by atoms with Crippen LogP contribution in [0.4, 0.5) is 0 Å². The Morgan fingerprint density at radius 2 is 1.87 bits per heavy atom. The van der Waals surface area contributed by atoms with Gasteiger partial charge < -0.3 is 19.3 Å². The molecule has 31 heavy (non-hydrogen) atoms. The molecule has 1 aromatic carbocycles. The zero-order chi connectivity index (χ0) is 22.0. The van der Waals surface area contributed by atoms with E-state index < -0.39 is 5.60 Å². The molecule has 0 radical (unpaired) electrons. The van der Waals surface area contributed by atoms with Crippen LogP contribution < -0.4 is 4.74 Å². The number of fused-ring (bicyclic) bond motifs is 1. The zero-order valence-corrected chi connectivity index (χ0v) is 19.5. The van der Waals surface area contributed by atoms with E-state index in [4.69, 9.17) is 14.2 Å². The van der Waals surface area contributed by atoms with Crippen molar-refractivity contribution in [2.45, 2.75) is 84.2 Å². The van der Waals surface area contributed by atoms with Crippen molar-refractivity contribution in [3.63, 3.8) is 0 Å². The lowest BCUT2D eigenvalue weighted by molar-refractivity contribution is -0.192. The Balaban J connectivity index is 1.46. The molecule has 4 unspecified atom stereocenters. The summed E-state index contributed by atoms with van der Waals surface area (Å²) in [5, 5.41) is 9.92. The second kappa shape index (κ2) is 9.48. The van der Waals surface area contributed by atoms with Gasteiger partial charge in [0.25, 0.3) is 0 Å². The van der Waals surface area contributed by atoms with Gasteiger partial charge in [-0.05, 0) is 100 Å². The number of ether oxygens (including phenoxy) is 3. The Hall–Kier alpha value is -1.62. The highest BCUT2D eigenvalue weighted by Crippen LogP contribution is 2.47. The number of aryl methyl sites for hydroxylation is 2. The topological polar surface area (TPSA) is 47.9 Å². The second-order valence-electron chi connectivity index (χ2n) is 10.1. The highest BCUT2D eigenvalue weighted by atomic mass is 16.7. The fraction of sp³-hybridized carbons (Fsp3) is 0.630. The molecule has 2 fully saturated rings. The van der Waals surface area contributed by atoms with Crippen molar-refractivity contribution in [2.75, 3.05) is 13.2 Å². The fourth-order valence-corrected chi connectivity index (χ4v) is 5.34. The highest BCUT2D eigenvalue weighted by Gasteiger charge is 2.40. The predicted octanol–water partition coefficient (Wildman–Crippen LogP) is 5.73. The largest absolute Gasteiger partial charge is 0.493 e. The van der Waals surface area contributed by atoms with Crippen molar-refractivity contribution in [1.29, 1.82) is 0 Å². The first kappa shape index (κ1) is 22.6. The summed E-state index contributed by atoms with van der Waals surface area (Å²) in [4.78, 5) is 0. The van der Waals surface area contributed by atoms with Crippen LogP contribution in [-0.2, 0) is 9.47 Å². The summed E-state index contributed by atoms with van der Waals surface area (Å²) >= 11 is 0. The number of benzene rings is 1. The van der Waals surface area contributed by atoms with Crippen LogP contribution in [0.15, 0.2) is 30.4 Å². The molecular formula is C27H38O4. The lowest BCUT2D eigenvalue weighted by Gasteiger charge is -2.31. The fourth-order valence-electron chi connectivity index (χ4n) is 5.34. The Morgan fingerprint density at radius 3 is 2.55 bits per heavy atom. The average Bonchev–Trinajstić information content (AvgIpc) is 3.11. The van der Waals surface area contributed by atoms with E-state index in [1.165, 1.54) is 28.7 Å². The first-order valence-electron chi connectivity index (χ1n) is 11.9. The van der Waals surface area contributed by atoms with Gasteiger partial charge in [0.2, 0.25) is 0 Å². The molecule has 4 nitrogen and oxygen atoms in total. The van der Waals surface area contributed by atoms with E-state index in [1.807, 2.05) is 13.8 Å². The molecule has 0 spiro atoms.